The highest BCUT2D eigenvalue weighted by Gasteiger charge is 2.26. The number of nitrogens with one attached hydrogen (secondary N) is 1. The fraction of sp³-hybridized carbons (Fsp3) is 0.190. The van der Waals surface area contributed by atoms with Crippen molar-refractivity contribution in [2.45, 2.75) is 18.8 Å². The van der Waals surface area contributed by atoms with Gasteiger partial charge in [0.25, 0.3) is 0 Å². The van der Waals surface area contributed by atoms with Crippen molar-refractivity contribution in [1.29, 1.82) is 0 Å². The topological polar surface area (TPSA) is 80.5 Å². The Morgan fingerprint density at radius 1 is 1.12 bits per heavy atom. The molecule has 0 aliphatic rings. The van der Waals surface area contributed by atoms with Crippen LogP contribution in [0.2, 0.25) is 0 Å². The van der Waals surface area contributed by atoms with E-state index >= 15 is 0 Å². The number of H-pyrrole nitrogens is 1. The van der Waals surface area contributed by atoms with E-state index in [0.29, 0.717) is 6.54 Å². The van der Waals surface area contributed by atoms with Crippen LogP contribution in [0.3, 0.4) is 0 Å². The highest BCUT2D eigenvalue weighted by molar-refractivity contribution is 5.92. The third-order valence-corrected chi connectivity index (χ3v) is 5.02. The molecule has 3 aromatic heterocycles. The Kier molecular flexibility index (Phi) is 4.22. The lowest BCUT2D eigenvalue weighted by Gasteiger charge is -2.29. The number of aromatic nitrogens is 4. The second-order valence-corrected chi connectivity index (χ2v) is 6.87. The third kappa shape index (κ3) is 2.97. The van der Waals surface area contributed by atoms with Crippen LogP contribution >= 0.6 is 0 Å². The standard InChI is InChI=1S/C21H21N5.H2/c1-21(14-22,12-15-5-8-23-9-6-15)17-4-2-3-16(11-17)18-7-10-24-20-19(18)13-25-26-20;/h2-11,13H,12,14,22H2,1H3,(H,24,25,26);1H. The molecule has 0 fully saturated rings. The summed E-state index contributed by atoms with van der Waals surface area (Å²) in [5, 5.41) is 8.07. The van der Waals surface area contributed by atoms with E-state index < -0.39 is 0 Å². The highest BCUT2D eigenvalue weighted by Crippen LogP contribution is 2.32. The van der Waals surface area contributed by atoms with E-state index in [9.17, 15) is 0 Å². The largest absolute Gasteiger partial charge is 0.330 e. The number of nitrogens with two attached hydrogens (primary N) is 1. The Morgan fingerprint density at radius 2 is 1.96 bits per heavy atom. The molecule has 1 atom stereocenters. The molecule has 5 nitrogen and oxygen atoms in total. The van der Waals surface area contributed by atoms with Crippen LogP contribution in [0.1, 0.15) is 19.5 Å². The van der Waals surface area contributed by atoms with Crippen molar-refractivity contribution in [3.8, 4) is 11.1 Å². The van der Waals surface area contributed by atoms with E-state index in [2.05, 4.69) is 63.5 Å². The SMILES string of the molecule is CC(CN)(Cc1ccncc1)c1cccc(-c2ccnc3[nH]ncc23)c1.[HH]. The Morgan fingerprint density at radius 3 is 2.77 bits per heavy atom. The molecule has 0 spiro atoms. The molecule has 0 bridgehead atoms. The van der Waals surface area contributed by atoms with Crippen LogP contribution in [0.15, 0.2) is 67.3 Å². The minimum atomic E-state index is -0.153. The number of aromatic amines is 1. The number of benzene rings is 1. The Hall–Kier alpha value is -3.05. The first-order valence-electron chi connectivity index (χ1n) is 8.67. The maximum atomic E-state index is 6.21. The second kappa shape index (κ2) is 6.69. The number of pyridine rings is 2. The summed E-state index contributed by atoms with van der Waals surface area (Å²) in [6, 6.07) is 14.7. The zero-order chi connectivity index (χ0) is 18.0. The molecule has 0 aliphatic carbocycles. The summed E-state index contributed by atoms with van der Waals surface area (Å²) >= 11 is 0. The minimum absolute atomic E-state index is 0. The van der Waals surface area contributed by atoms with Crippen LogP contribution in [0.25, 0.3) is 22.2 Å². The monoisotopic (exact) mass is 345 g/mol. The van der Waals surface area contributed by atoms with Crippen LogP contribution in [-0.4, -0.2) is 26.7 Å². The molecule has 0 saturated carbocycles. The molecule has 0 saturated heterocycles. The van der Waals surface area contributed by atoms with Gasteiger partial charge in [0.2, 0.25) is 0 Å². The second-order valence-electron chi connectivity index (χ2n) is 6.87. The van der Waals surface area contributed by atoms with Gasteiger partial charge in [0.15, 0.2) is 5.65 Å². The maximum Gasteiger partial charge on any atom is 0.155 e. The first kappa shape index (κ1) is 16.4. The maximum absolute atomic E-state index is 6.21. The number of fused-ring (bicyclic) bond motifs is 1. The highest BCUT2D eigenvalue weighted by atomic mass is 15.1. The molecule has 0 amide bonds. The quantitative estimate of drug-likeness (QED) is 0.577. The molecule has 5 heteroatoms. The summed E-state index contributed by atoms with van der Waals surface area (Å²) in [6.45, 7) is 2.78. The lowest BCUT2D eigenvalue weighted by atomic mass is 9.76. The molecule has 0 aliphatic heterocycles. The molecule has 4 aromatic rings. The molecule has 1 unspecified atom stereocenters. The van der Waals surface area contributed by atoms with E-state index in [1.165, 1.54) is 11.1 Å². The van der Waals surface area contributed by atoms with Crippen molar-refractivity contribution in [2.24, 2.45) is 5.73 Å². The molecular weight excluding hydrogens is 322 g/mol. The Labute approximate surface area is 153 Å². The van der Waals surface area contributed by atoms with Gasteiger partial charge in [0, 0.05) is 37.4 Å². The van der Waals surface area contributed by atoms with Gasteiger partial charge in [-0.25, -0.2) is 4.98 Å². The summed E-state index contributed by atoms with van der Waals surface area (Å²) in [4.78, 5) is 8.43. The van der Waals surface area contributed by atoms with Crippen LogP contribution in [-0.2, 0) is 11.8 Å². The summed E-state index contributed by atoms with van der Waals surface area (Å²) in [6.07, 6.45) is 8.16. The molecule has 26 heavy (non-hydrogen) atoms. The molecule has 1 aromatic carbocycles. The Balaban J connectivity index is 0.00000210. The van der Waals surface area contributed by atoms with Crippen molar-refractivity contribution >= 4 is 11.0 Å². The summed E-state index contributed by atoms with van der Waals surface area (Å²) in [5.41, 5.74) is 11.6. The smallest absolute Gasteiger partial charge is 0.155 e. The van der Waals surface area contributed by atoms with Gasteiger partial charge in [0.05, 0.1) is 6.20 Å². The summed E-state index contributed by atoms with van der Waals surface area (Å²) in [5.74, 6) is 0. The lowest BCUT2D eigenvalue weighted by molar-refractivity contribution is 0.481. The number of nitrogens with zero attached hydrogens (tertiary/aromatic N) is 3. The number of rotatable bonds is 5. The fourth-order valence-corrected chi connectivity index (χ4v) is 3.41. The van der Waals surface area contributed by atoms with Gasteiger partial charge in [-0.3, -0.25) is 10.1 Å². The van der Waals surface area contributed by atoms with Crippen molar-refractivity contribution in [2.75, 3.05) is 6.54 Å². The van der Waals surface area contributed by atoms with E-state index in [4.69, 9.17) is 5.73 Å². The summed E-state index contributed by atoms with van der Waals surface area (Å²) in [7, 11) is 0. The molecule has 0 radical (unpaired) electrons. The van der Waals surface area contributed by atoms with Crippen molar-refractivity contribution in [3.05, 3.63) is 78.4 Å². The predicted molar refractivity (Wildman–Crippen MR) is 106 cm³/mol. The molecule has 132 valence electrons. The van der Waals surface area contributed by atoms with Crippen molar-refractivity contribution < 1.29 is 1.43 Å². The summed E-state index contributed by atoms with van der Waals surface area (Å²) < 4.78 is 0. The van der Waals surface area contributed by atoms with Gasteiger partial charge in [0.1, 0.15) is 0 Å². The average Bonchev–Trinajstić information content (AvgIpc) is 3.17. The normalized spacial score (nSPS) is 13.6. The van der Waals surface area contributed by atoms with Gasteiger partial charge in [-0.1, -0.05) is 31.2 Å². The molecule has 3 N–H and O–H groups in total. The van der Waals surface area contributed by atoms with E-state index in [1.807, 2.05) is 30.9 Å². The van der Waals surface area contributed by atoms with Crippen LogP contribution in [0, 0.1) is 0 Å². The lowest BCUT2D eigenvalue weighted by Crippen LogP contribution is -2.34. The molecule has 4 rings (SSSR count). The van der Waals surface area contributed by atoms with Crippen molar-refractivity contribution in [1.82, 2.24) is 20.2 Å². The van der Waals surface area contributed by atoms with Gasteiger partial charge in [-0.2, -0.15) is 5.10 Å². The van der Waals surface area contributed by atoms with Crippen LogP contribution in [0.5, 0.6) is 0 Å². The van der Waals surface area contributed by atoms with Gasteiger partial charge < -0.3 is 5.73 Å². The zero-order valence-electron chi connectivity index (χ0n) is 14.7. The van der Waals surface area contributed by atoms with E-state index in [-0.39, 0.29) is 6.84 Å². The van der Waals surface area contributed by atoms with Gasteiger partial charge in [-0.15, -0.1) is 0 Å². The van der Waals surface area contributed by atoms with Crippen molar-refractivity contribution in [3.63, 3.8) is 0 Å². The molecule has 3 heterocycles. The Bertz CT molecular complexity index is 1030. The van der Waals surface area contributed by atoms with Gasteiger partial charge in [-0.05, 0) is 46.9 Å². The third-order valence-electron chi connectivity index (χ3n) is 5.02. The molecular formula is C21H23N5. The van der Waals surface area contributed by atoms with Gasteiger partial charge >= 0.3 is 0 Å². The van der Waals surface area contributed by atoms with E-state index in [1.54, 1.807) is 0 Å². The number of hydrogen-bond acceptors (Lipinski definition) is 4. The number of hydrogen-bond donors (Lipinski definition) is 2. The average molecular weight is 345 g/mol. The zero-order valence-corrected chi connectivity index (χ0v) is 14.7. The first-order chi connectivity index (χ1) is 12.7. The first-order valence-corrected chi connectivity index (χ1v) is 8.67. The van der Waals surface area contributed by atoms with Crippen LogP contribution in [0.4, 0.5) is 0 Å². The predicted octanol–water partition coefficient (Wildman–Crippen LogP) is 3.73. The van der Waals surface area contributed by atoms with E-state index in [0.717, 1.165) is 28.6 Å². The van der Waals surface area contributed by atoms with Crippen LogP contribution < -0.4 is 5.73 Å². The minimum Gasteiger partial charge on any atom is -0.330 e. The fourth-order valence-electron chi connectivity index (χ4n) is 3.41.